The summed E-state index contributed by atoms with van der Waals surface area (Å²) < 4.78 is 0. The van der Waals surface area contributed by atoms with Gasteiger partial charge in [0.25, 0.3) is 0 Å². The largest absolute Gasteiger partial charge is 0.299 e. The molecule has 1 atom stereocenters. The van der Waals surface area contributed by atoms with E-state index in [0.717, 1.165) is 6.42 Å². The standard InChI is InChI=1S/C17H26O/c1-2-3-4-5-6-16(13-15-9-10-15)17(18)12-11-14-7-8-14/h11,13,16H,2-10,12H2,1H3. The second-order valence-electron chi connectivity index (χ2n) is 5.81. The van der Waals surface area contributed by atoms with E-state index in [9.17, 15) is 4.79 Å². The fraction of sp³-hybridized carbons (Fsp3) is 0.706. The van der Waals surface area contributed by atoms with Gasteiger partial charge in [-0.15, -0.1) is 0 Å². The van der Waals surface area contributed by atoms with Crippen LogP contribution in [0.15, 0.2) is 23.3 Å². The first-order valence-electron chi connectivity index (χ1n) is 7.69. The Morgan fingerprint density at radius 3 is 2.44 bits per heavy atom. The molecule has 100 valence electrons. The maximum Gasteiger partial charge on any atom is 0.143 e. The molecule has 0 radical (unpaired) electrons. The molecule has 1 nitrogen and oxygen atoms in total. The zero-order valence-corrected chi connectivity index (χ0v) is 11.7. The summed E-state index contributed by atoms with van der Waals surface area (Å²) in [7, 11) is 0. The molecule has 2 saturated carbocycles. The number of unbranched alkanes of at least 4 members (excludes halogenated alkanes) is 3. The summed E-state index contributed by atoms with van der Waals surface area (Å²) in [6, 6.07) is 0. The first-order chi connectivity index (χ1) is 8.79. The molecule has 1 unspecified atom stereocenters. The van der Waals surface area contributed by atoms with Gasteiger partial charge in [0.1, 0.15) is 5.78 Å². The van der Waals surface area contributed by atoms with Crippen LogP contribution >= 0.6 is 0 Å². The van der Waals surface area contributed by atoms with Crippen LogP contribution in [0.3, 0.4) is 0 Å². The molecule has 2 rings (SSSR count). The summed E-state index contributed by atoms with van der Waals surface area (Å²) in [5, 5.41) is 0. The molecule has 0 aromatic carbocycles. The molecule has 0 saturated heterocycles. The lowest BCUT2D eigenvalue weighted by Gasteiger charge is -2.10. The molecule has 0 amide bonds. The van der Waals surface area contributed by atoms with Gasteiger partial charge in [-0.1, -0.05) is 55.9 Å². The third kappa shape index (κ3) is 5.20. The fourth-order valence-corrected chi connectivity index (χ4v) is 2.32. The molecule has 0 N–H and O–H groups in total. The molecule has 2 fully saturated rings. The number of rotatable bonds is 9. The van der Waals surface area contributed by atoms with Gasteiger partial charge >= 0.3 is 0 Å². The monoisotopic (exact) mass is 246 g/mol. The Labute approximate surface area is 111 Å². The van der Waals surface area contributed by atoms with Gasteiger partial charge in [-0.2, -0.15) is 0 Å². The Bertz CT molecular complexity index is 337. The van der Waals surface area contributed by atoms with E-state index >= 15 is 0 Å². The first-order valence-corrected chi connectivity index (χ1v) is 7.69. The number of ketones is 1. The molecule has 1 heteroatoms. The molecule has 0 aromatic rings. The minimum Gasteiger partial charge on any atom is -0.299 e. The summed E-state index contributed by atoms with van der Waals surface area (Å²) >= 11 is 0. The number of hydrogen-bond donors (Lipinski definition) is 0. The number of carbonyl (C=O) groups excluding carboxylic acids is 1. The average molecular weight is 246 g/mol. The second kappa shape index (κ2) is 6.92. The van der Waals surface area contributed by atoms with Gasteiger partial charge in [0.2, 0.25) is 0 Å². The molecule has 0 heterocycles. The van der Waals surface area contributed by atoms with Crippen LogP contribution in [-0.2, 0) is 4.79 Å². The molecule has 0 spiro atoms. The lowest BCUT2D eigenvalue weighted by molar-refractivity contribution is -0.120. The molecule has 2 aliphatic rings. The van der Waals surface area contributed by atoms with Crippen molar-refractivity contribution in [3.8, 4) is 0 Å². The Kier molecular flexibility index (Phi) is 5.22. The lowest BCUT2D eigenvalue weighted by Crippen LogP contribution is -2.11. The number of carbonyl (C=O) groups is 1. The van der Waals surface area contributed by atoms with Crippen LogP contribution in [0, 0.1) is 5.92 Å². The van der Waals surface area contributed by atoms with Crippen LogP contribution in [0.4, 0.5) is 0 Å². The smallest absolute Gasteiger partial charge is 0.143 e. The maximum absolute atomic E-state index is 12.2. The van der Waals surface area contributed by atoms with Crippen LogP contribution in [0.1, 0.15) is 71.1 Å². The predicted molar refractivity (Wildman–Crippen MR) is 76.5 cm³/mol. The van der Waals surface area contributed by atoms with Gasteiger partial charge in [-0.3, -0.25) is 4.79 Å². The van der Waals surface area contributed by atoms with Gasteiger partial charge in [-0.05, 0) is 32.1 Å². The first kappa shape index (κ1) is 13.6. The van der Waals surface area contributed by atoms with Crippen LogP contribution < -0.4 is 0 Å². The molecule has 0 bridgehead atoms. The highest BCUT2D eigenvalue weighted by molar-refractivity contribution is 5.84. The highest BCUT2D eigenvalue weighted by atomic mass is 16.1. The molecule has 0 aromatic heterocycles. The molecule has 18 heavy (non-hydrogen) atoms. The van der Waals surface area contributed by atoms with E-state index in [1.165, 1.54) is 62.5 Å². The number of Topliss-reactive ketones (excluding diaryl/α,β-unsaturated/α-hetero) is 1. The van der Waals surface area contributed by atoms with Gasteiger partial charge in [-0.25, -0.2) is 0 Å². The summed E-state index contributed by atoms with van der Waals surface area (Å²) in [6.45, 7) is 2.23. The SMILES string of the molecule is CCCCCCC(C=C1CC1)C(=O)CC=C1CC1. The van der Waals surface area contributed by atoms with Crippen LogP contribution in [0.2, 0.25) is 0 Å². The third-order valence-corrected chi connectivity index (χ3v) is 3.89. The highest BCUT2D eigenvalue weighted by Gasteiger charge is 2.20. The Morgan fingerprint density at radius 2 is 1.83 bits per heavy atom. The predicted octanol–water partition coefficient (Wildman–Crippen LogP) is 4.97. The summed E-state index contributed by atoms with van der Waals surface area (Å²) in [4.78, 5) is 12.2. The normalized spacial score (nSPS) is 18.5. The zero-order valence-electron chi connectivity index (χ0n) is 11.7. The molecule has 2 aliphatic carbocycles. The van der Waals surface area contributed by atoms with Crippen molar-refractivity contribution in [2.75, 3.05) is 0 Å². The molecule has 0 aliphatic heterocycles. The van der Waals surface area contributed by atoms with Crippen molar-refractivity contribution in [3.63, 3.8) is 0 Å². The number of allylic oxidation sites excluding steroid dienone is 4. The Hall–Kier alpha value is -0.850. The Balaban J connectivity index is 1.77. The number of hydrogen-bond acceptors (Lipinski definition) is 1. The summed E-state index contributed by atoms with van der Waals surface area (Å²) in [6.07, 6.45) is 16.2. The average Bonchev–Trinajstić information content (AvgIpc) is 3.24. The quantitative estimate of drug-likeness (QED) is 0.414. The third-order valence-electron chi connectivity index (χ3n) is 3.89. The Morgan fingerprint density at radius 1 is 1.11 bits per heavy atom. The van der Waals surface area contributed by atoms with E-state index < -0.39 is 0 Å². The lowest BCUT2D eigenvalue weighted by atomic mass is 9.93. The highest BCUT2D eigenvalue weighted by Crippen LogP contribution is 2.32. The molecular weight excluding hydrogens is 220 g/mol. The van der Waals surface area contributed by atoms with Crippen LogP contribution in [0.25, 0.3) is 0 Å². The van der Waals surface area contributed by atoms with Crippen molar-refractivity contribution in [3.05, 3.63) is 23.3 Å². The van der Waals surface area contributed by atoms with Crippen molar-refractivity contribution in [2.45, 2.75) is 71.1 Å². The topological polar surface area (TPSA) is 17.1 Å². The second-order valence-corrected chi connectivity index (χ2v) is 5.81. The maximum atomic E-state index is 12.2. The zero-order chi connectivity index (χ0) is 12.8. The minimum atomic E-state index is 0.218. The van der Waals surface area contributed by atoms with E-state index in [-0.39, 0.29) is 5.92 Å². The minimum absolute atomic E-state index is 0.218. The van der Waals surface area contributed by atoms with Crippen molar-refractivity contribution in [1.82, 2.24) is 0 Å². The van der Waals surface area contributed by atoms with E-state index in [0.29, 0.717) is 12.2 Å². The van der Waals surface area contributed by atoms with Gasteiger partial charge < -0.3 is 0 Å². The van der Waals surface area contributed by atoms with Crippen molar-refractivity contribution in [2.24, 2.45) is 5.92 Å². The van der Waals surface area contributed by atoms with E-state index in [4.69, 9.17) is 0 Å². The van der Waals surface area contributed by atoms with Gasteiger partial charge in [0.05, 0.1) is 0 Å². The van der Waals surface area contributed by atoms with E-state index in [1.807, 2.05) is 0 Å². The van der Waals surface area contributed by atoms with E-state index in [2.05, 4.69) is 19.1 Å². The summed E-state index contributed by atoms with van der Waals surface area (Å²) in [5.41, 5.74) is 3.01. The van der Waals surface area contributed by atoms with Crippen molar-refractivity contribution in [1.29, 1.82) is 0 Å². The van der Waals surface area contributed by atoms with E-state index in [1.54, 1.807) is 0 Å². The fourth-order valence-electron chi connectivity index (χ4n) is 2.32. The van der Waals surface area contributed by atoms with Crippen molar-refractivity contribution >= 4 is 5.78 Å². The van der Waals surface area contributed by atoms with Crippen molar-refractivity contribution < 1.29 is 4.79 Å². The van der Waals surface area contributed by atoms with Crippen LogP contribution in [-0.4, -0.2) is 5.78 Å². The van der Waals surface area contributed by atoms with Gasteiger partial charge in [0, 0.05) is 12.3 Å². The molecular formula is C17H26O. The van der Waals surface area contributed by atoms with Gasteiger partial charge in [0.15, 0.2) is 0 Å². The van der Waals surface area contributed by atoms with Crippen LogP contribution in [0.5, 0.6) is 0 Å². The summed E-state index contributed by atoms with van der Waals surface area (Å²) in [5.74, 6) is 0.667.